The van der Waals surface area contributed by atoms with Gasteiger partial charge in [-0.05, 0) is 35.2 Å². The summed E-state index contributed by atoms with van der Waals surface area (Å²) in [6.45, 7) is 5.75. The molecule has 0 N–H and O–H groups in total. The number of piperazine rings is 1. The molecule has 0 saturated carbocycles. The van der Waals surface area contributed by atoms with E-state index in [1.165, 1.54) is 4.68 Å². The van der Waals surface area contributed by atoms with Gasteiger partial charge in [-0.2, -0.15) is 9.78 Å². The molecule has 1 fully saturated rings. The summed E-state index contributed by atoms with van der Waals surface area (Å²) in [4.78, 5) is 16.7. The van der Waals surface area contributed by atoms with Crippen molar-refractivity contribution in [3.63, 3.8) is 0 Å². The second-order valence-electron chi connectivity index (χ2n) is 7.18. The van der Waals surface area contributed by atoms with E-state index in [0.29, 0.717) is 13.1 Å². The van der Waals surface area contributed by atoms with E-state index in [2.05, 4.69) is 34.3 Å². The van der Waals surface area contributed by atoms with E-state index >= 15 is 0 Å². The summed E-state index contributed by atoms with van der Waals surface area (Å²) in [5.74, 6) is 0. The SMILES string of the molecule is Cc1cnn(C(=O)N2CCN(Cc3ccc(-c4ccccc4)cc3Cl)CC2)c1. The Kier molecular flexibility index (Phi) is 5.46. The number of carbonyl (C=O) groups is 1. The first kappa shape index (κ1) is 18.7. The number of rotatable bonds is 3. The third-order valence-corrected chi connectivity index (χ3v) is 5.46. The molecular weight excluding hydrogens is 372 g/mol. The second kappa shape index (κ2) is 8.17. The minimum Gasteiger partial charge on any atom is -0.320 e. The maximum atomic E-state index is 12.5. The van der Waals surface area contributed by atoms with Gasteiger partial charge in [-0.25, -0.2) is 4.79 Å². The highest BCUT2D eigenvalue weighted by Crippen LogP contribution is 2.26. The summed E-state index contributed by atoms with van der Waals surface area (Å²) in [7, 11) is 0. The Balaban J connectivity index is 1.36. The fraction of sp³-hybridized carbons (Fsp3) is 0.273. The van der Waals surface area contributed by atoms with Gasteiger partial charge >= 0.3 is 6.03 Å². The number of aromatic nitrogens is 2. The Labute approximate surface area is 170 Å². The van der Waals surface area contributed by atoms with E-state index in [4.69, 9.17) is 11.6 Å². The number of carbonyl (C=O) groups excluding carboxylic acids is 1. The van der Waals surface area contributed by atoms with Gasteiger partial charge in [0, 0.05) is 43.9 Å². The monoisotopic (exact) mass is 394 g/mol. The Morgan fingerprint density at radius 3 is 2.43 bits per heavy atom. The highest BCUT2D eigenvalue weighted by molar-refractivity contribution is 6.31. The minimum atomic E-state index is -0.0574. The van der Waals surface area contributed by atoms with Gasteiger partial charge in [0.15, 0.2) is 0 Å². The van der Waals surface area contributed by atoms with Crippen LogP contribution in [0.4, 0.5) is 4.79 Å². The van der Waals surface area contributed by atoms with Crippen molar-refractivity contribution >= 4 is 17.6 Å². The van der Waals surface area contributed by atoms with E-state index in [1.54, 1.807) is 12.4 Å². The molecule has 3 aromatic rings. The zero-order valence-corrected chi connectivity index (χ0v) is 16.6. The summed E-state index contributed by atoms with van der Waals surface area (Å²) in [6.07, 6.45) is 3.47. The first-order chi connectivity index (χ1) is 13.6. The molecule has 0 unspecified atom stereocenters. The Morgan fingerprint density at radius 2 is 1.79 bits per heavy atom. The molecule has 1 amide bonds. The van der Waals surface area contributed by atoms with Crippen molar-refractivity contribution in [3.8, 4) is 11.1 Å². The van der Waals surface area contributed by atoms with E-state index in [0.717, 1.165) is 46.9 Å². The van der Waals surface area contributed by atoms with Crippen LogP contribution in [0.1, 0.15) is 11.1 Å². The van der Waals surface area contributed by atoms with Crippen LogP contribution in [-0.2, 0) is 6.54 Å². The number of hydrogen-bond donors (Lipinski definition) is 0. The largest absolute Gasteiger partial charge is 0.344 e. The molecule has 28 heavy (non-hydrogen) atoms. The molecular formula is C22H23ClN4O. The number of hydrogen-bond acceptors (Lipinski definition) is 3. The predicted molar refractivity (Wildman–Crippen MR) is 111 cm³/mol. The maximum Gasteiger partial charge on any atom is 0.344 e. The van der Waals surface area contributed by atoms with Gasteiger partial charge < -0.3 is 4.90 Å². The van der Waals surface area contributed by atoms with Crippen molar-refractivity contribution in [1.82, 2.24) is 19.6 Å². The number of nitrogens with zero attached hydrogens (tertiary/aromatic N) is 4. The molecule has 0 spiro atoms. The number of halogens is 1. The lowest BCUT2D eigenvalue weighted by Gasteiger charge is -2.34. The molecule has 1 aliphatic heterocycles. The lowest BCUT2D eigenvalue weighted by atomic mass is 10.0. The van der Waals surface area contributed by atoms with Crippen LogP contribution in [-0.4, -0.2) is 51.8 Å². The molecule has 6 heteroatoms. The normalized spacial score (nSPS) is 15.0. The van der Waals surface area contributed by atoms with Gasteiger partial charge in [0.1, 0.15) is 0 Å². The smallest absolute Gasteiger partial charge is 0.320 e. The van der Waals surface area contributed by atoms with Gasteiger partial charge in [-0.1, -0.05) is 54.1 Å². The highest BCUT2D eigenvalue weighted by Gasteiger charge is 2.23. The molecule has 144 valence electrons. The Morgan fingerprint density at radius 1 is 1.04 bits per heavy atom. The third-order valence-electron chi connectivity index (χ3n) is 5.10. The summed E-state index contributed by atoms with van der Waals surface area (Å²) in [5.41, 5.74) is 4.39. The van der Waals surface area contributed by atoms with Crippen molar-refractivity contribution in [2.24, 2.45) is 0 Å². The Hall–Kier alpha value is -2.63. The summed E-state index contributed by atoms with van der Waals surface area (Å²) in [5, 5.41) is 4.90. The molecule has 2 aromatic carbocycles. The minimum absolute atomic E-state index is 0.0574. The maximum absolute atomic E-state index is 12.5. The zero-order valence-electron chi connectivity index (χ0n) is 15.9. The summed E-state index contributed by atoms with van der Waals surface area (Å²) in [6, 6.07) is 16.4. The fourth-order valence-corrected chi connectivity index (χ4v) is 3.73. The van der Waals surface area contributed by atoms with Gasteiger partial charge in [-0.3, -0.25) is 4.90 Å². The van der Waals surface area contributed by atoms with Gasteiger partial charge in [0.05, 0.1) is 6.20 Å². The molecule has 0 aliphatic carbocycles. The molecule has 0 radical (unpaired) electrons. The van der Waals surface area contributed by atoms with Crippen LogP contribution >= 0.6 is 11.6 Å². The number of aryl methyl sites for hydroxylation is 1. The van der Waals surface area contributed by atoms with Crippen LogP contribution in [0.25, 0.3) is 11.1 Å². The fourth-order valence-electron chi connectivity index (χ4n) is 3.49. The lowest BCUT2D eigenvalue weighted by molar-refractivity contribution is 0.134. The first-order valence-corrected chi connectivity index (χ1v) is 9.85. The molecule has 0 atom stereocenters. The van der Waals surface area contributed by atoms with Crippen molar-refractivity contribution in [2.45, 2.75) is 13.5 Å². The van der Waals surface area contributed by atoms with Gasteiger partial charge in [0.2, 0.25) is 0 Å². The summed E-state index contributed by atoms with van der Waals surface area (Å²) >= 11 is 6.56. The van der Waals surface area contributed by atoms with E-state index in [-0.39, 0.29) is 6.03 Å². The molecule has 5 nitrogen and oxygen atoms in total. The van der Waals surface area contributed by atoms with Gasteiger partial charge in [-0.15, -0.1) is 0 Å². The zero-order chi connectivity index (χ0) is 19.5. The standard InChI is InChI=1S/C22H23ClN4O/c1-17-14-24-27(15-17)22(28)26-11-9-25(10-12-26)16-20-8-7-19(13-21(20)23)18-5-3-2-4-6-18/h2-8,13-15H,9-12,16H2,1H3. The lowest BCUT2D eigenvalue weighted by Crippen LogP contribution is -2.49. The van der Waals surface area contributed by atoms with Crippen LogP contribution < -0.4 is 0 Å². The van der Waals surface area contributed by atoms with Crippen LogP contribution in [0.5, 0.6) is 0 Å². The topological polar surface area (TPSA) is 41.4 Å². The van der Waals surface area contributed by atoms with Crippen molar-refractivity contribution in [3.05, 3.63) is 77.1 Å². The van der Waals surface area contributed by atoms with E-state index in [1.807, 2.05) is 36.1 Å². The highest BCUT2D eigenvalue weighted by atomic mass is 35.5. The molecule has 1 aromatic heterocycles. The van der Waals surface area contributed by atoms with Crippen molar-refractivity contribution in [1.29, 1.82) is 0 Å². The average Bonchev–Trinajstić information content (AvgIpc) is 3.16. The van der Waals surface area contributed by atoms with Crippen molar-refractivity contribution < 1.29 is 4.79 Å². The first-order valence-electron chi connectivity index (χ1n) is 9.47. The Bertz CT molecular complexity index is 962. The molecule has 1 aliphatic rings. The van der Waals surface area contributed by atoms with Crippen LogP contribution in [0, 0.1) is 6.92 Å². The molecule has 0 bridgehead atoms. The van der Waals surface area contributed by atoms with Crippen LogP contribution in [0.15, 0.2) is 60.9 Å². The van der Waals surface area contributed by atoms with E-state index in [9.17, 15) is 4.79 Å². The molecule has 1 saturated heterocycles. The van der Waals surface area contributed by atoms with Crippen molar-refractivity contribution in [2.75, 3.05) is 26.2 Å². The van der Waals surface area contributed by atoms with Crippen LogP contribution in [0.2, 0.25) is 5.02 Å². The third kappa shape index (κ3) is 4.11. The van der Waals surface area contributed by atoms with Gasteiger partial charge in [0.25, 0.3) is 0 Å². The second-order valence-corrected chi connectivity index (χ2v) is 7.59. The molecule has 4 rings (SSSR count). The average molecular weight is 395 g/mol. The summed E-state index contributed by atoms with van der Waals surface area (Å²) < 4.78 is 1.42. The quantitative estimate of drug-likeness (QED) is 0.665. The van der Waals surface area contributed by atoms with E-state index < -0.39 is 0 Å². The number of benzene rings is 2. The van der Waals surface area contributed by atoms with Crippen LogP contribution in [0.3, 0.4) is 0 Å². The molecule has 2 heterocycles. The number of amides is 1. The predicted octanol–water partition coefficient (Wildman–Crippen LogP) is 4.30.